The fourth-order valence-corrected chi connectivity index (χ4v) is 3.53. The van der Waals surface area contributed by atoms with Gasteiger partial charge >= 0.3 is 11.7 Å². The number of aromatic nitrogens is 2. The van der Waals surface area contributed by atoms with Crippen LogP contribution in [0.3, 0.4) is 0 Å². The second kappa shape index (κ2) is 7.60. The smallest absolute Gasteiger partial charge is 0.330 e. The second-order valence-electron chi connectivity index (χ2n) is 8.97. The molecule has 1 N–H and O–H groups in total. The highest BCUT2D eigenvalue weighted by atomic mass is 28.4. The van der Waals surface area contributed by atoms with Gasteiger partial charge in [0, 0.05) is 25.1 Å². The van der Waals surface area contributed by atoms with Crippen molar-refractivity contribution < 1.29 is 21.4 Å². The lowest BCUT2D eigenvalue weighted by atomic mass is 9.87. The van der Waals surface area contributed by atoms with Crippen molar-refractivity contribution in [1.82, 2.24) is 9.55 Å². The SMILES string of the molecule is [2H]C([2H])(O[Si](C)(C)C(C)(C)C)[C@H]1O[C@@H](n2ccc(=O)[nH]c2=O)[C@](C)(OC(C)=O)[C@@H]1C. The van der Waals surface area contributed by atoms with E-state index in [2.05, 4.69) is 4.98 Å². The molecule has 2 heterocycles. The van der Waals surface area contributed by atoms with E-state index in [1.54, 1.807) is 13.8 Å². The van der Waals surface area contributed by atoms with E-state index >= 15 is 0 Å². The summed E-state index contributed by atoms with van der Waals surface area (Å²) in [6, 6.07) is 1.15. The van der Waals surface area contributed by atoms with E-state index in [9.17, 15) is 14.4 Å². The minimum atomic E-state index is -2.51. The molecule has 1 aromatic heterocycles. The molecule has 0 saturated carbocycles. The van der Waals surface area contributed by atoms with Crippen LogP contribution in [0, 0.1) is 5.92 Å². The van der Waals surface area contributed by atoms with Crippen LogP contribution in [-0.2, 0) is 18.7 Å². The molecule has 0 bridgehead atoms. The van der Waals surface area contributed by atoms with E-state index in [0.717, 1.165) is 10.6 Å². The summed E-state index contributed by atoms with van der Waals surface area (Å²) in [5, 5.41) is -0.239. The molecule has 158 valence electrons. The van der Waals surface area contributed by atoms with E-state index in [1.807, 2.05) is 33.9 Å². The summed E-state index contributed by atoms with van der Waals surface area (Å²) < 4.78 is 36.0. The number of hydrogen-bond donors (Lipinski definition) is 1. The summed E-state index contributed by atoms with van der Waals surface area (Å²) in [6.45, 7) is 12.2. The quantitative estimate of drug-likeness (QED) is 0.587. The van der Waals surface area contributed by atoms with Crippen LogP contribution in [-0.4, -0.2) is 42.1 Å². The van der Waals surface area contributed by atoms with Crippen molar-refractivity contribution in [2.75, 3.05) is 6.56 Å². The first-order valence-electron chi connectivity index (χ1n) is 10.3. The summed E-state index contributed by atoms with van der Waals surface area (Å²) in [4.78, 5) is 37.8. The van der Waals surface area contributed by atoms with Crippen molar-refractivity contribution in [2.24, 2.45) is 5.92 Å². The number of ether oxygens (including phenoxy) is 2. The highest BCUT2D eigenvalue weighted by molar-refractivity contribution is 6.74. The number of rotatable bonds is 5. The third-order valence-corrected chi connectivity index (χ3v) is 10.1. The van der Waals surface area contributed by atoms with Gasteiger partial charge in [0.1, 0.15) is 0 Å². The molecule has 1 fully saturated rings. The molecule has 2 rings (SSSR count). The van der Waals surface area contributed by atoms with Gasteiger partial charge in [-0.2, -0.15) is 0 Å². The van der Waals surface area contributed by atoms with Crippen LogP contribution < -0.4 is 11.2 Å². The molecule has 28 heavy (non-hydrogen) atoms. The van der Waals surface area contributed by atoms with E-state index < -0.39 is 55.9 Å². The van der Waals surface area contributed by atoms with Crippen molar-refractivity contribution in [3.63, 3.8) is 0 Å². The fourth-order valence-electron chi connectivity index (χ4n) is 2.81. The first-order valence-corrected chi connectivity index (χ1v) is 12.2. The van der Waals surface area contributed by atoms with Gasteiger partial charge in [0.05, 0.1) is 15.4 Å². The summed E-state index contributed by atoms with van der Waals surface area (Å²) in [7, 11) is -2.51. The molecular formula is C19H32N2O6Si. The number of nitrogens with one attached hydrogen (secondary N) is 1. The predicted molar refractivity (Wildman–Crippen MR) is 108 cm³/mol. The van der Waals surface area contributed by atoms with Crippen molar-refractivity contribution in [3.8, 4) is 0 Å². The number of esters is 1. The zero-order valence-electron chi connectivity index (χ0n) is 19.8. The van der Waals surface area contributed by atoms with Crippen molar-refractivity contribution in [3.05, 3.63) is 33.1 Å². The molecule has 8 nitrogen and oxygen atoms in total. The summed E-state index contributed by atoms with van der Waals surface area (Å²) in [5.41, 5.74) is -2.70. The number of carbonyl (C=O) groups is 1. The summed E-state index contributed by atoms with van der Waals surface area (Å²) >= 11 is 0. The molecule has 4 atom stereocenters. The van der Waals surface area contributed by atoms with Gasteiger partial charge in [-0.25, -0.2) is 4.79 Å². The van der Waals surface area contributed by atoms with Crippen molar-refractivity contribution >= 4 is 14.3 Å². The first kappa shape index (κ1) is 19.6. The standard InChI is InChI=1S/C19H32N2O6Si/c1-12-14(11-25-28(7,8)18(3,4)5)26-16(19(12,6)27-13(2)22)21-10-9-15(23)20-17(21)24/h9-10,12,14,16H,11H2,1-8H3,(H,20,23,24)/t12-,14-,16-,19-/m1/s1/i11D2. The van der Waals surface area contributed by atoms with Crippen LogP contribution in [0.1, 0.15) is 50.5 Å². The van der Waals surface area contributed by atoms with Crippen LogP contribution >= 0.6 is 0 Å². The maximum Gasteiger partial charge on any atom is 0.330 e. The fraction of sp³-hybridized carbons (Fsp3) is 0.737. The van der Waals surface area contributed by atoms with Crippen LogP contribution in [0.25, 0.3) is 0 Å². The van der Waals surface area contributed by atoms with Gasteiger partial charge in [0.25, 0.3) is 5.56 Å². The Balaban J connectivity index is 2.52. The average Bonchev–Trinajstić information content (AvgIpc) is 2.77. The summed E-state index contributed by atoms with van der Waals surface area (Å²) in [6.07, 6.45) is -1.03. The lowest BCUT2D eigenvalue weighted by Gasteiger charge is -2.37. The highest BCUT2D eigenvalue weighted by Gasteiger charge is 2.55. The Kier molecular flexibility index (Phi) is 5.32. The van der Waals surface area contributed by atoms with Gasteiger partial charge < -0.3 is 13.9 Å². The van der Waals surface area contributed by atoms with E-state index in [-0.39, 0.29) is 5.04 Å². The van der Waals surface area contributed by atoms with Gasteiger partial charge in [-0.05, 0) is 25.1 Å². The minimum Gasteiger partial charge on any atom is -0.454 e. The van der Waals surface area contributed by atoms with Gasteiger partial charge in [-0.15, -0.1) is 0 Å². The average molecular weight is 415 g/mol. The molecule has 1 saturated heterocycles. The van der Waals surface area contributed by atoms with Gasteiger partial charge in [0.15, 0.2) is 20.1 Å². The largest absolute Gasteiger partial charge is 0.454 e. The number of aromatic amines is 1. The van der Waals surface area contributed by atoms with E-state index in [4.69, 9.17) is 16.6 Å². The van der Waals surface area contributed by atoms with Crippen molar-refractivity contribution in [1.29, 1.82) is 0 Å². The number of H-pyrrole nitrogens is 1. The molecule has 9 heteroatoms. The Bertz CT molecular complexity index is 923. The normalized spacial score (nSPS) is 29.9. The van der Waals surface area contributed by atoms with E-state index in [1.165, 1.54) is 13.1 Å². The molecule has 0 spiro atoms. The molecule has 0 radical (unpaired) electrons. The molecular weight excluding hydrogens is 380 g/mol. The highest BCUT2D eigenvalue weighted by Crippen LogP contribution is 2.45. The number of nitrogens with zero attached hydrogens (tertiary/aromatic N) is 1. The molecule has 0 unspecified atom stereocenters. The Morgan fingerprint density at radius 1 is 1.43 bits per heavy atom. The zero-order chi connectivity index (χ0) is 23.3. The van der Waals surface area contributed by atoms with Crippen LogP contribution in [0.2, 0.25) is 18.1 Å². The Labute approximate surface area is 169 Å². The molecule has 0 aromatic carbocycles. The number of hydrogen-bond acceptors (Lipinski definition) is 6. The third kappa shape index (κ3) is 4.31. The molecule has 1 aliphatic heterocycles. The van der Waals surface area contributed by atoms with Gasteiger partial charge in [-0.1, -0.05) is 27.7 Å². The lowest BCUT2D eigenvalue weighted by Crippen LogP contribution is -2.46. The van der Waals surface area contributed by atoms with Crippen LogP contribution in [0.4, 0.5) is 0 Å². The second-order valence-corrected chi connectivity index (χ2v) is 13.7. The molecule has 1 aromatic rings. The van der Waals surface area contributed by atoms with Gasteiger partial charge in [-0.3, -0.25) is 19.1 Å². The van der Waals surface area contributed by atoms with Crippen molar-refractivity contribution in [2.45, 2.75) is 77.6 Å². The maximum atomic E-state index is 12.4. The summed E-state index contributed by atoms with van der Waals surface area (Å²) in [5.74, 6) is -1.26. The Morgan fingerprint density at radius 2 is 2.04 bits per heavy atom. The van der Waals surface area contributed by atoms with Gasteiger partial charge in [0.2, 0.25) is 0 Å². The molecule has 1 aliphatic rings. The minimum absolute atomic E-state index is 0.239. The molecule has 0 amide bonds. The zero-order valence-corrected chi connectivity index (χ0v) is 18.8. The monoisotopic (exact) mass is 414 g/mol. The Hall–Kier alpha value is -1.71. The number of carbonyl (C=O) groups excluding carboxylic acids is 1. The maximum absolute atomic E-state index is 12.4. The van der Waals surface area contributed by atoms with Crippen LogP contribution in [0.15, 0.2) is 21.9 Å². The predicted octanol–water partition coefficient (Wildman–Crippen LogP) is 2.41. The van der Waals surface area contributed by atoms with Crippen LogP contribution in [0.5, 0.6) is 0 Å². The van der Waals surface area contributed by atoms with E-state index in [0.29, 0.717) is 0 Å². The topological polar surface area (TPSA) is 99.6 Å². The lowest BCUT2D eigenvalue weighted by molar-refractivity contribution is -0.171. The molecule has 0 aliphatic carbocycles. The first-order chi connectivity index (χ1) is 13.4. The Morgan fingerprint density at radius 3 is 2.54 bits per heavy atom. The third-order valence-electron chi connectivity index (χ3n) is 5.83.